The summed E-state index contributed by atoms with van der Waals surface area (Å²) in [5.41, 5.74) is 0.737. The van der Waals surface area contributed by atoms with Gasteiger partial charge in [0.15, 0.2) is 6.61 Å². The second kappa shape index (κ2) is 6.68. The molecule has 7 heteroatoms. The molecule has 0 atom stereocenters. The van der Waals surface area contributed by atoms with E-state index in [1.165, 1.54) is 0 Å². The lowest BCUT2D eigenvalue weighted by molar-refractivity contribution is -0.126. The van der Waals surface area contributed by atoms with Gasteiger partial charge in [0.2, 0.25) is 0 Å². The average Bonchev–Trinajstić information content (AvgIpc) is 2.35. The standard InChI is InChI=1S/C12H14ClF2NO3/c1-8-4-9(13)2-3-10(8)19-5-11(18)16-6-12(14,15)7-17/h2-4,17H,5-7H2,1H3,(H,16,18). The number of hydrogen-bond acceptors (Lipinski definition) is 3. The number of aliphatic hydroxyl groups is 1. The minimum atomic E-state index is -3.33. The number of carbonyl (C=O) groups excluding carboxylic acids is 1. The van der Waals surface area contributed by atoms with Gasteiger partial charge in [-0.2, -0.15) is 0 Å². The summed E-state index contributed by atoms with van der Waals surface area (Å²) in [6, 6.07) is 4.85. The number of aryl methyl sites for hydroxylation is 1. The molecule has 2 N–H and O–H groups in total. The predicted octanol–water partition coefficient (Wildman–Crippen LogP) is 1.77. The number of rotatable bonds is 6. The van der Waals surface area contributed by atoms with Crippen LogP contribution in [0, 0.1) is 6.92 Å². The molecule has 0 aromatic heterocycles. The number of alkyl halides is 2. The van der Waals surface area contributed by atoms with Crippen LogP contribution in [0.3, 0.4) is 0 Å². The molecule has 0 unspecified atom stereocenters. The van der Waals surface area contributed by atoms with Crippen molar-refractivity contribution >= 4 is 17.5 Å². The van der Waals surface area contributed by atoms with Crippen LogP contribution in [0.4, 0.5) is 8.78 Å². The van der Waals surface area contributed by atoms with Gasteiger partial charge in [-0.3, -0.25) is 4.79 Å². The molecule has 0 radical (unpaired) electrons. The van der Waals surface area contributed by atoms with Gasteiger partial charge < -0.3 is 15.2 Å². The fourth-order valence-electron chi connectivity index (χ4n) is 1.25. The lowest BCUT2D eigenvalue weighted by atomic mass is 10.2. The third kappa shape index (κ3) is 5.40. The summed E-state index contributed by atoms with van der Waals surface area (Å²) >= 11 is 5.75. The van der Waals surface area contributed by atoms with E-state index >= 15 is 0 Å². The molecular weight excluding hydrogens is 280 g/mol. The highest BCUT2D eigenvalue weighted by atomic mass is 35.5. The van der Waals surface area contributed by atoms with Crippen LogP contribution >= 0.6 is 11.6 Å². The van der Waals surface area contributed by atoms with Crippen LogP contribution in [-0.2, 0) is 4.79 Å². The fraction of sp³-hybridized carbons (Fsp3) is 0.417. The minimum absolute atomic E-state index is 0.385. The van der Waals surface area contributed by atoms with Crippen LogP contribution in [-0.4, -0.2) is 36.7 Å². The topological polar surface area (TPSA) is 58.6 Å². The maximum atomic E-state index is 12.7. The van der Waals surface area contributed by atoms with Crippen molar-refractivity contribution in [2.24, 2.45) is 0 Å². The molecule has 1 amide bonds. The van der Waals surface area contributed by atoms with Crippen molar-refractivity contribution in [1.29, 1.82) is 0 Å². The van der Waals surface area contributed by atoms with Gasteiger partial charge >= 0.3 is 0 Å². The molecule has 0 heterocycles. The molecule has 0 saturated carbocycles. The van der Waals surface area contributed by atoms with E-state index in [0.717, 1.165) is 5.56 Å². The number of hydrogen-bond donors (Lipinski definition) is 2. The summed E-state index contributed by atoms with van der Waals surface area (Å²) in [5, 5.41) is 10.8. The van der Waals surface area contributed by atoms with Gasteiger partial charge in [-0.25, -0.2) is 8.78 Å². The van der Waals surface area contributed by atoms with Crippen molar-refractivity contribution in [2.75, 3.05) is 19.8 Å². The average molecular weight is 294 g/mol. The Morgan fingerprint density at radius 3 is 2.79 bits per heavy atom. The number of carbonyl (C=O) groups is 1. The maximum absolute atomic E-state index is 12.7. The van der Waals surface area contributed by atoms with Gasteiger partial charge in [-0.15, -0.1) is 0 Å². The minimum Gasteiger partial charge on any atom is -0.484 e. The third-order valence-corrected chi connectivity index (χ3v) is 2.51. The summed E-state index contributed by atoms with van der Waals surface area (Å²) in [6.45, 7) is -0.876. The summed E-state index contributed by atoms with van der Waals surface area (Å²) in [4.78, 5) is 11.3. The van der Waals surface area contributed by atoms with Crippen molar-refractivity contribution in [1.82, 2.24) is 5.32 Å². The first-order valence-electron chi connectivity index (χ1n) is 5.48. The number of amides is 1. The molecule has 0 saturated heterocycles. The zero-order valence-electron chi connectivity index (χ0n) is 10.3. The van der Waals surface area contributed by atoms with Gasteiger partial charge in [-0.1, -0.05) is 11.6 Å². The van der Waals surface area contributed by atoms with Gasteiger partial charge in [0.05, 0.1) is 6.54 Å². The first-order valence-corrected chi connectivity index (χ1v) is 5.86. The van der Waals surface area contributed by atoms with Gasteiger partial charge in [0.1, 0.15) is 12.4 Å². The molecule has 0 bridgehead atoms. The quantitative estimate of drug-likeness (QED) is 0.840. The van der Waals surface area contributed by atoms with Gasteiger partial charge in [0.25, 0.3) is 11.8 Å². The number of benzene rings is 1. The predicted molar refractivity (Wildman–Crippen MR) is 66.7 cm³/mol. The van der Waals surface area contributed by atoms with E-state index in [2.05, 4.69) is 0 Å². The molecule has 0 aliphatic heterocycles. The Hall–Kier alpha value is -1.40. The van der Waals surface area contributed by atoms with Crippen molar-refractivity contribution in [2.45, 2.75) is 12.8 Å². The molecule has 0 aliphatic carbocycles. The van der Waals surface area contributed by atoms with Crippen LogP contribution in [0.15, 0.2) is 18.2 Å². The summed E-state index contributed by atoms with van der Waals surface area (Å²) in [7, 11) is 0. The Morgan fingerprint density at radius 2 is 2.21 bits per heavy atom. The molecule has 1 aromatic carbocycles. The smallest absolute Gasteiger partial charge is 0.287 e. The van der Waals surface area contributed by atoms with E-state index in [9.17, 15) is 13.6 Å². The molecule has 0 aliphatic rings. The van der Waals surface area contributed by atoms with Crippen LogP contribution in [0.2, 0.25) is 5.02 Å². The van der Waals surface area contributed by atoms with Crippen LogP contribution in [0.5, 0.6) is 5.75 Å². The van der Waals surface area contributed by atoms with Gasteiger partial charge in [0, 0.05) is 5.02 Å². The highest BCUT2D eigenvalue weighted by molar-refractivity contribution is 6.30. The largest absolute Gasteiger partial charge is 0.484 e. The number of ether oxygens (including phenoxy) is 1. The molecule has 0 fully saturated rings. The molecule has 4 nitrogen and oxygen atoms in total. The first-order chi connectivity index (χ1) is 8.84. The second-order valence-corrected chi connectivity index (χ2v) is 4.43. The number of aliphatic hydroxyl groups excluding tert-OH is 1. The second-order valence-electron chi connectivity index (χ2n) is 3.99. The maximum Gasteiger partial charge on any atom is 0.287 e. The van der Waals surface area contributed by atoms with Crippen molar-refractivity contribution in [3.05, 3.63) is 28.8 Å². The van der Waals surface area contributed by atoms with E-state index in [-0.39, 0.29) is 6.61 Å². The van der Waals surface area contributed by atoms with E-state index < -0.39 is 25.0 Å². The van der Waals surface area contributed by atoms with Crippen LogP contribution in [0.1, 0.15) is 5.56 Å². The third-order valence-electron chi connectivity index (χ3n) is 2.27. The monoisotopic (exact) mass is 293 g/mol. The summed E-state index contributed by atoms with van der Waals surface area (Å²) in [6.07, 6.45) is 0. The van der Waals surface area contributed by atoms with Crippen LogP contribution in [0.25, 0.3) is 0 Å². The normalized spacial score (nSPS) is 11.2. The number of halogens is 3. The zero-order chi connectivity index (χ0) is 14.5. The van der Waals surface area contributed by atoms with Gasteiger partial charge in [-0.05, 0) is 30.7 Å². The lowest BCUT2D eigenvalue weighted by Crippen LogP contribution is -2.40. The molecule has 1 aromatic rings. The zero-order valence-corrected chi connectivity index (χ0v) is 11.0. The summed E-state index contributed by atoms with van der Waals surface area (Å²) < 4.78 is 30.5. The Balaban J connectivity index is 2.42. The molecule has 0 spiro atoms. The molecule has 1 rings (SSSR count). The fourth-order valence-corrected chi connectivity index (χ4v) is 1.48. The highest BCUT2D eigenvalue weighted by Crippen LogP contribution is 2.21. The molecule has 106 valence electrons. The van der Waals surface area contributed by atoms with Crippen molar-refractivity contribution < 1.29 is 23.4 Å². The van der Waals surface area contributed by atoms with E-state index in [4.69, 9.17) is 21.4 Å². The van der Waals surface area contributed by atoms with Crippen molar-refractivity contribution in [3.8, 4) is 5.75 Å². The number of nitrogens with one attached hydrogen (secondary N) is 1. The van der Waals surface area contributed by atoms with Crippen molar-refractivity contribution in [3.63, 3.8) is 0 Å². The van der Waals surface area contributed by atoms with E-state index in [1.54, 1.807) is 25.1 Å². The Kier molecular flexibility index (Phi) is 5.50. The Bertz CT molecular complexity index is 455. The van der Waals surface area contributed by atoms with E-state index in [0.29, 0.717) is 10.8 Å². The SMILES string of the molecule is Cc1cc(Cl)ccc1OCC(=O)NCC(F)(F)CO. The molecular formula is C12H14ClF2NO3. The Morgan fingerprint density at radius 1 is 1.53 bits per heavy atom. The Labute approximate surface area is 114 Å². The molecule has 19 heavy (non-hydrogen) atoms. The highest BCUT2D eigenvalue weighted by Gasteiger charge is 2.28. The van der Waals surface area contributed by atoms with E-state index in [1.807, 2.05) is 5.32 Å². The lowest BCUT2D eigenvalue weighted by Gasteiger charge is -2.14. The summed E-state index contributed by atoms with van der Waals surface area (Å²) in [5.74, 6) is -3.57. The first kappa shape index (κ1) is 15.7. The van der Waals surface area contributed by atoms with Crippen LogP contribution < -0.4 is 10.1 Å².